The number of fused-ring (bicyclic) bond motifs is 1. The molecule has 0 amide bonds. The van der Waals surface area contributed by atoms with Crippen molar-refractivity contribution in [1.29, 1.82) is 0 Å². The van der Waals surface area contributed by atoms with Crippen LogP contribution in [0, 0.1) is 5.82 Å². The van der Waals surface area contributed by atoms with Gasteiger partial charge in [0.2, 0.25) is 5.71 Å². The summed E-state index contributed by atoms with van der Waals surface area (Å²) < 4.78 is 16.2. The minimum absolute atomic E-state index is 0.192. The molecule has 1 aliphatic rings. The number of hydrogen-bond donors (Lipinski definition) is 0. The fraction of sp³-hybridized carbons (Fsp3) is 0.136. The molecule has 0 aliphatic carbocycles. The average Bonchev–Trinajstić information content (AvgIpc) is 2.62. The fourth-order valence-electron chi connectivity index (χ4n) is 3.44. The minimum Gasteiger partial charge on any atom is -0.224 e. The monoisotopic (exact) mass is 316 g/mol. The van der Waals surface area contributed by atoms with E-state index >= 15 is 0 Å². The van der Waals surface area contributed by atoms with Crippen LogP contribution in [0.15, 0.2) is 78.9 Å². The van der Waals surface area contributed by atoms with Crippen molar-refractivity contribution in [3.63, 3.8) is 0 Å². The fourth-order valence-corrected chi connectivity index (χ4v) is 3.44. The molecule has 0 radical (unpaired) electrons. The molecule has 0 N–H and O–H groups in total. The number of halogens is 1. The minimum atomic E-state index is -0.192. The quantitative estimate of drug-likeness (QED) is 0.629. The molecule has 1 heterocycles. The van der Waals surface area contributed by atoms with Gasteiger partial charge in [0.25, 0.3) is 0 Å². The second kappa shape index (κ2) is 6.40. The SMILES string of the molecule is Fc1cccc(C2=[N+](Cc3ccccc3)CCc3ccccc32)c1. The first-order valence-electron chi connectivity index (χ1n) is 8.31. The number of hydrogen-bond acceptors (Lipinski definition) is 0. The van der Waals surface area contributed by atoms with Crippen molar-refractivity contribution >= 4 is 5.71 Å². The van der Waals surface area contributed by atoms with Crippen molar-refractivity contribution in [3.05, 3.63) is 107 Å². The van der Waals surface area contributed by atoms with E-state index in [9.17, 15) is 4.39 Å². The van der Waals surface area contributed by atoms with Crippen LogP contribution < -0.4 is 0 Å². The van der Waals surface area contributed by atoms with Crippen molar-refractivity contribution in [2.75, 3.05) is 6.54 Å². The van der Waals surface area contributed by atoms with Crippen LogP contribution in [0.25, 0.3) is 0 Å². The lowest BCUT2D eigenvalue weighted by molar-refractivity contribution is -0.544. The topological polar surface area (TPSA) is 3.01 Å². The van der Waals surface area contributed by atoms with Crippen LogP contribution in [0.5, 0.6) is 0 Å². The Morgan fingerprint density at radius 1 is 0.833 bits per heavy atom. The van der Waals surface area contributed by atoms with Gasteiger partial charge in [-0.25, -0.2) is 8.97 Å². The van der Waals surface area contributed by atoms with Gasteiger partial charge in [-0.1, -0.05) is 54.6 Å². The molecule has 0 saturated carbocycles. The van der Waals surface area contributed by atoms with E-state index in [1.807, 2.05) is 12.1 Å². The highest BCUT2D eigenvalue weighted by molar-refractivity contribution is 6.10. The van der Waals surface area contributed by atoms with Gasteiger partial charge in [-0.15, -0.1) is 0 Å². The molecule has 0 atom stereocenters. The van der Waals surface area contributed by atoms with E-state index in [0.717, 1.165) is 30.8 Å². The zero-order chi connectivity index (χ0) is 16.4. The van der Waals surface area contributed by atoms with Gasteiger partial charge in [0.1, 0.15) is 12.4 Å². The van der Waals surface area contributed by atoms with Gasteiger partial charge in [0.05, 0.1) is 0 Å². The zero-order valence-corrected chi connectivity index (χ0v) is 13.5. The lowest BCUT2D eigenvalue weighted by Crippen LogP contribution is -2.30. The molecule has 0 bridgehead atoms. The van der Waals surface area contributed by atoms with Gasteiger partial charge in [0.15, 0.2) is 6.54 Å². The molecule has 2 heteroatoms. The van der Waals surface area contributed by atoms with Crippen LogP contribution in [0.3, 0.4) is 0 Å². The van der Waals surface area contributed by atoms with Crippen LogP contribution in [0.2, 0.25) is 0 Å². The van der Waals surface area contributed by atoms with Crippen molar-refractivity contribution < 1.29 is 8.97 Å². The van der Waals surface area contributed by atoms with E-state index < -0.39 is 0 Å². The summed E-state index contributed by atoms with van der Waals surface area (Å²) in [6, 6.07) is 25.8. The lowest BCUT2D eigenvalue weighted by Gasteiger charge is -2.19. The lowest BCUT2D eigenvalue weighted by atomic mass is 9.92. The van der Waals surface area contributed by atoms with E-state index in [-0.39, 0.29) is 5.82 Å². The molecule has 0 saturated heterocycles. The Kier molecular flexibility index (Phi) is 3.96. The maximum absolute atomic E-state index is 13.8. The molecule has 0 unspecified atom stereocenters. The third kappa shape index (κ3) is 2.88. The summed E-state index contributed by atoms with van der Waals surface area (Å²) in [6.45, 7) is 1.78. The molecule has 118 valence electrons. The molecular formula is C22H19FN+. The molecule has 0 spiro atoms. The predicted molar refractivity (Wildman–Crippen MR) is 95.0 cm³/mol. The molecule has 0 aromatic heterocycles. The second-order valence-electron chi connectivity index (χ2n) is 6.17. The molecule has 3 aromatic rings. The van der Waals surface area contributed by atoms with E-state index in [0.29, 0.717) is 0 Å². The molecular weight excluding hydrogens is 297 g/mol. The summed E-state index contributed by atoms with van der Waals surface area (Å²) in [5.41, 5.74) is 5.88. The average molecular weight is 316 g/mol. The predicted octanol–water partition coefficient (Wildman–Crippen LogP) is 4.43. The van der Waals surface area contributed by atoms with Crippen molar-refractivity contribution in [2.45, 2.75) is 13.0 Å². The Morgan fingerprint density at radius 3 is 2.46 bits per heavy atom. The normalized spacial score (nSPS) is 13.7. The van der Waals surface area contributed by atoms with E-state index in [1.165, 1.54) is 22.8 Å². The van der Waals surface area contributed by atoms with Gasteiger partial charge < -0.3 is 0 Å². The maximum Gasteiger partial charge on any atom is 0.215 e. The zero-order valence-electron chi connectivity index (χ0n) is 13.5. The Labute approximate surface area is 141 Å². The number of rotatable bonds is 3. The molecule has 1 nitrogen and oxygen atoms in total. The number of benzene rings is 3. The highest BCUT2D eigenvalue weighted by Gasteiger charge is 2.27. The largest absolute Gasteiger partial charge is 0.224 e. The first-order chi connectivity index (χ1) is 11.8. The molecule has 1 aliphatic heterocycles. The van der Waals surface area contributed by atoms with Crippen molar-refractivity contribution in [2.24, 2.45) is 0 Å². The highest BCUT2D eigenvalue weighted by Crippen LogP contribution is 2.22. The Bertz CT molecular complexity index is 897. The molecule has 4 rings (SSSR count). The van der Waals surface area contributed by atoms with Crippen LogP contribution in [-0.2, 0) is 13.0 Å². The molecule has 0 fully saturated rings. The van der Waals surface area contributed by atoms with Gasteiger partial charge >= 0.3 is 0 Å². The third-order valence-electron chi connectivity index (χ3n) is 4.55. The summed E-state index contributed by atoms with van der Waals surface area (Å²) in [6.07, 6.45) is 1.02. The first-order valence-corrected chi connectivity index (χ1v) is 8.31. The van der Waals surface area contributed by atoms with Crippen LogP contribution >= 0.6 is 0 Å². The number of nitrogens with zero attached hydrogens (tertiary/aromatic N) is 1. The van der Waals surface area contributed by atoms with Gasteiger partial charge in [-0.3, -0.25) is 0 Å². The Hall–Kier alpha value is -2.74. The van der Waals surface area contributed by atoms with Crippen molar-refractivity contribution in [3.8, 4) is 0 Å². The summed E-state index contributed by atoms with van der Waals surface area (Å²) in [5.74, 6) is -0.192. The highest BCUT2D eigenvalue weighted by atomic mass is 19.1. The van der Waals surface area contributed by atoms with E-state index in [4.69, 9.17) is 0 Å². The standard InChI is InChI=1S/C22H19FN/c23-20-11-6-10-19(15-20)22-21-12-5-4-9-18(21)13-14-24(22)16-17-7-2-1-3-8-17/h1-12,15H,13-14,16H2/q+1. The summed E-state index contributed by atoms with van der Waals surface area (Å²) in [7, 11) is 0. The van der Waals surface area contributed by atoms with E-state index in [2.05, 4.69) is 53.1 Å². The second-order valence-corrected chi connectivity index (χ2v) is 6.17. The third-order valence-corrected chi connectivity index (χ3v) is 4.55. The molecule has 24 heavy (non-hydrogen) atoms. The molecule has 3 aromatic carbocycles. The summed E-state index contributed by atoms with van der Waals surface area (Å²) in [4.78, 5) is 0. The summed E-state index contributed by atoms with van der Waals surface area (Å²) in [5, 5.41) is 0. The first kappa shape index (κ1) is 14.8. The van der Waals surface area contributed by atoms with Gasteiger partial charge in [-0.05, 0) is 29.8 Å². The van der Waals surface area contributed by atoms with Gasteiger partial charge in [-0.2, -0.15) is 0 Å². The summed E-state index contributed by atoms with van der Waals surface area (Å²) >= 11 is 0. The van der Waals surface area contributed by atoms with Crippen LogP contribution in [0.1, 0.15) is 22.3 Å². The smallest absolute Gasteiger partial charge is 0.215 e. The van der Waals surface area contributed by atoms with Gasteiger partial charge in [0, 0.05) is 23.1 Å². The van der Waals surface area contributed by atoms with Crippen molar-refractivity contribution in [1.82, 2.24) is 0 Å². The van der Waals surface area contributed by atoms with E-state index in [1.54, 1.807) is 12.1 Å². The Balaban J connectivity index is 1.87. The van der Waals surface area contributed by atoms with Crippen LogP contribution in [0.4, 0.5) is 4.39 Å². The maximum atomic E-state index is 13.8. The van der Waals surface area contributed by atoms with Crippen LogP contribution in [-0.4, -0.2) is 16.8 Å². The Morgan fingerprint density at radius 2 is 1.62 bits per heavy atom.